The molecule has 1 N–H and O–H groups in total. The number of carbonyl (C=O) groups excluding carboxylic acids is 2. The molecule has 3 rings (SSSR count). The lowest BCUT2D eigenvalue weighted by Gasteiger charge is -2.29. The lowest BCUT2D eigenvalue weighted by Crippen LogP contribution is -2.50. The number of amides is 2. The largest absolute Gasteiger partial charge is 0.490 e. The van der Waals surface area contributed by atoms with E-state index in [0.717, 1.165) is 12.8 Å². The van der Waals surface area contributed by atoms with E-state index in [0.29, 0.717) is 37.6 Å². The molecule has 0 aromatic heterocycles. The summed E-state index contributed by atoms with van der Waals surface area (Å²) >= 11 is 0. The fraction of sp³-hybridized carbons (Fsp3) is 0.579. The van der Waals surface area contributed by atoms with Gasteiger partial charge in [-0.1, -0.05) is 6.07 Å². The third kappa shape index (κ3) is 4.72. The van der Waals surface area contributed by atoms with Crippen LogP contribution in [0.25, 0.3) is 0 Å². The van der Waals surface area contributed by atoms with Crippen LogP contribution in [0.1, 0.15) is 43.0 Å². The van der Waals surface area contributed by atoms with Crippen LogP contribution >= 0.6 is 0 Å². The third-order valence-corrected chi connectivity index (χ3v) is 4.74. The maximum Gasteiger partial charge on any atom is 0.252 e. The molecule has 1 aromatic carbocycles. The number of ether oxygens (including phenoxy) is 2. The van der Waals surface area contributed by atoms with E-state index in [1.807, 2.05) is 12.1 Å². The van der Waals surface area contributed by atoms with Crippen molar-refractivity contribution in [1.29, 1.82) is 0 Å². The van der Waals surface area contributed by atoms with Gasteiger partial charge in [-0.05, 0) is 50.8 Å². The van der Waals surface area contributed by atoms with Crippen LogP contribution in [0.4, 0.5) is 0 Å². The summed E-state index contributed by atoms with van der Waals surface area (Å²) in [5.74, 6) is 0.382. The smallest absolute Gasteiger partial charge is 0.252 e. The molecule has 1 saturated carbocycles. The van der Waals surface area contributed by atoms with Crippen molar-refractivity contribution in [2.45, 2.75) is 44.8 Å². The molecule has 6 heteroatoms. The van der Waals surface area contributed by atoms with Gasteiger partial charge in [0.1, 0.15) is 11.8 Å². The van der Waals surface area contributed by atoms with Crippen molar-refractivity contribution in [3.8, 4) is 5.75 Å². The number of rotatable bonds is 5. The summed E-state index contributed by atoms with van der Waals surface area (Å²) in [5.41, 5.74) is 0.511. The lowest BCUT2D eigenvalue weighted by atomic mass is 10.1. The lowest BCUT2D eigenvalue weighted by molar-refractivity contribution is -0.136. The number of carbonyl (C=O) groups is 2. The molecule has 1 aromatic rings. The Kier molecular flexibility index (Phi) is 5.91. The molecule has 1 heterocycles. The number of nitrogens with one attached hydrogen (secondary N) is 1. The molecule has 1 unspecified atom stereocenters. The average Bonchev–Trinajstić information content (AvgIpc) is 3.15. The van der Waals surface area contributed by atoms with Gasteiger partial charge in [-0.25, -0.2) is 0 Å². The van der Waals surface area contributed by atoms with Crippen LogP contribution in [0.3, 0.4) is 0 Å². The second-order valence-corrected chi connectivity index (χ2v) is 6.68. The number of hydrogen-bond donors (Lipinski definition) is 1. The maximum absolute atomic E-state index is 12.5. The van der Waals surface area contributed by atoms with E-state index >= 15 is 0 Å². The minimum absolute atomic E-state index is 0.0741. The summed E-state index contributed by atoms with van der Waals surface area (Å²) < 4.78 is 11.2. The molecule has 6 nitrogen and oxygen atoms in total. The molecular formula is C19H26N2O4. The first-order valence-corrected chi connectivity index (χ1v) is 9.07. The van der Waals surface area contributed by atoms with Crippen LogP contribution in [0, 0.1) is 0 Å². The van der Waals surface area contributed by atoms with E-state index in [4.69, 9.17) is 9.47 Å². The Balaban J connectivity index is 1.57. The molecule has 0 radical (unpaired) electrons. The van der Waals surface area contributed by atoms with E-state index in [-0.39, 0.29) is 17.9 Å². The highest BCUT2D eigenvalue weighted by Crippen LogP contribution is 2.24. The second kappa shape index (κ2) is 8.34. The minimum atomic E-state index is -0.565. The molecule has 0 spiro atoms. The van der Waals surface area contributed by atoms with E-state index < -0.39 is 6.04 Å². The normalized spacial score (nSPS) is 19.5. The Bertz CT molecular complexity index is 607. The predicted molar refractivity (Wildman–Crippen MR) is 93.7 cm³/mol. The molecule has 1 aliphatic carbocycles. The summed E-state index contributed by atoms with van der Waals surface area (Å²) in [6, 6.07) is 6.61. The highest BCUT2D eigenvalue weighted by atomic mass is 16.5. The quantitative estimate of drug-likeness (QED) is 0.885. The Morgan fingerprint density at radius 3 is 2.68 bits per heavy atom. The summed E-state index contributed by atoms with van der Waals surface area (Å²) in [4.78, 5) is 26.6. The first-order chi connectivity index (χ1) is 12.1. The van der Waals surface area contributed by atoms with E-state index in [1.165, 1.54) is 12.8 Å². The number of nitrogens with zero attached hydrogens (tertiary/aromatic N) is 1. The van der Waals surface area contributed by atoms with Gasteiger partial charge in [-0.15, -0.1) is 0 Å². The summed E-state index contributed by atoms with van der Waals surface area (Å²) in [6.45, 7) is 3.96. The molecule has 1 atom stereocenters. The molecule has 2 aliphatic rings. The summed E-state index contributed by atoms with van der Waals surface area (Å²) in [7, 11) is 0. The van der Waals surface area contributed by atoms with Gasteiger partial charge in [0.05, 0.1) is 19.3 Å². The topological polar surface area (TPSA) is 67.9 Å². The van der Waals surface area contributed by atoms with Crippen molar-refractivity contribution in [3.05, 3.63) is 29.8 Å². The highest BCUT2D eigenvalue weighted by molar-refractivity contribution is 5.97. The van der Waals surface area contributed by atoms with Crippen LogP contribution in [-0.2, 0) is 9.53 Å². The van der Waals surface area contributed by atoms with Crippen molar-refractivity contribution in [3.63, 3.8) is 0 Å². The summed E-state index contributed by atoms with van der Waals surface area (Å²) in [5, 5.41) is 2.79. The zero-order valence-electron chi connectivity index (χ0n) is 14.7. The minimum Gasteiger partial charge on any atom is -0.490 e. The van der Waals surface area contributed by atoms with Crippen molar-refractivity contribution in [2.24, 2.45) is 0 Å². The van der Waals surface area contributed by atoms with E-state index in [1.54, 1.807) is 24.0 Å². The zero-order chi connectivity index (χ0) is 17.6. The van der Waals surface area contributed by atoms with Gasteiger partial charge in [0.25, 0.3) is 5.91 Å². The standard InChI is InChI=1S/C19H26N2O4/c1-14(19(23)21-9-11-24-12-10-21)20-18(22)15-5-4-8-17(13-15)25-16-6-2-3-7-16/h4-5,8,13-14,16H,2-3,6-7,9-12H2,1H3,(H,20,22). The highest BCUT2D eigenvalue weighted by Gasteiger charge is 2.24. The number of benzene rings is 1. The Morgan fingerprint density at radius 1 is 1.24 bits per heavy atom. The number of hydrogen-bond acceptors (Lipinski definition) is 4. The Labute approximate surface area is 148 Å². The first-order valence-electron chi connectivity index (χ1n) is 9.07. The van der Waals surface area contributed by atoms with Crippen molar-refractivity contribution >= 4 is 11.8 Å². The molecule has 0 bridgehead atoms. The third-order valence-electron chi connectivity index (χ3n) is 4.74. The molecule has 25 heavy (non-hydrogen) atoms. The second-order valence-electron chi connectivity index (χ2n) is 6.68. The molecular weight excluding hydrogens is 320 g/mol. The van der Waals surface area contributed by atoms with Gasteiger partial charge in [-0.2, -0.15) is 0 Å². The van der Waals surface area contributed by atoms with Crippen molar-refractivity contribution in [1.82, 2.24) is 10.2 Å². The van der Waals surface area contributed by atoms with Crippen LogP contribution in [-0.4, -0.2) is 55.2 Å². The monoisotopic (exact) mass is 346 g/mol. The van der Waals surface area contributed by atoms with E-state index in [9.17, 15) is 9.59 Å². The van der Waals surface area contributed by atoms with Gasteiger partial charge in [0, 0.05) is 18.7 Å². The molecule has 1 saturated heterocycles. The van der Waals surface area contributed by atoms with Gasteiger partial charge < -0.3 is 19.7 Å². The van der Waals surface area contributed by atoms with Crippen LogP contribution < -0.4 is 10.1 Å². The van der Waals surface area contributed by atoms with E-state index in [2.05, 4.69) is 5.32 Å². The van der Waals surface area contributed by atoms with Gasteiger partial charge in [0.15, 0.2) is 0 Å². The van der Waals surface area contributed by atoms with Crippen LogP contribution in [0.5, 0.6) is 5.75 Å². The fourth-order valence-corrected chi connectivity index (χ4v) is 3.31. The molecule has 1 aliphatic heterocycles. The van der Waals surface area contributed by atoms with Crippen LogP contribution in [0.15, 0.2) is 24.3 Å². The zero-order valence-corrected chi connectivity index (χ0v) is 14.7. The van der Waals surface area contributed by atoms with Crippen molar-refractivity contribution < 1.29 is 19.1 Å². The molecule has 2 fully saturated rings. The Morgan fingerprint density at radius 2 is 1.96 bits per heavy atom. The predicted octanol–water partition coefficient (Wildman–Crippen LogP) is 1.99. The van der Waals surface area contributed by atoms with Gasteiger partial charge in [0.2, 0.25) is 5.91 Å². The van der Waals surface area contributed by atoms with Gasteiger partial charge in [-0.3, -0.25) is 9.59 Å². The molecule has 136 valence electrons. The summed E-state index contributed by atoms with van der Waals surface area (Å²) in [6.07, 6.45) is 4.79. The fourth-order valence-electron chi connectivity index (χ4n) is 3.31. The first kappa shape index (κ1) is 17.7. The SMILES string of the molecule is CC(NC(=O)c1cccc(OC2CCCC2)c1)C(=O)N1CCOCC1. The average molecular weight is 346 g/mol. The maximum atomic E-state index is 12.5. The van der Waals surface area contributed by atoms with Crippen molar-refractivity contribution in [2.75, 3.05) is 26.3 Å². The number of morpholine rings is 1. The Hall–Kier alpha value is -2.08. The molecule has 2 amide bonds. The van der Waals surface area contributed by atoms with Gasteiger partial charge >= 0.3 is 0 Å². The van der Waals surface area contributed by atoms with Crippen LogP contribution in [0.2, 0.25) is 0 Å².